The second kappa shape index (κ2) is 9.44. The van der Waals surface area contributed by atoms with Gasteiger partial charge in [-0.25, -0.2) is 0 Å². The molecule has 0 aromatic heterocycles. The molecule has 1 aromatic carbocycles. The molecule has 112 valence electrons. The summed E-state index contributed by atoms with van der Waals surface area (Å²) in [4.78, 5) is 10.5. The van der Waals surface area contributed by atoms with Gasteiger partial charge in [0.1, 0.15) is 12.1 Å². The summed E-state index contributed by atoms with van der Waals surface area (Å²) in [6.45, 7) is 1.38. The minimum absolute atomic E-state index is 0.0911. The normalized spacial score (nSPS) is 13.9. The summed E-state index contributed by atoms with van der Waals surface area (Å²) in [5.41, 5.74) is 6.34. The smallest absolute Gasteiger partial charge is 0.323 e. The highest BCUT2D eigenvalue weighted by Gasteiger charge is 2.21. The summed E-state index contributed by atoms with van der Waals surface area (Å²) in [5.74, 6) is -1.24. The average Bonchev–Trinajstić information content (AvgIpc) is 2.46. The number of carbonyl (C=O) groups is 1. The highest BCUT2D eigenvalue weighted by molar-refractivity contribution is 5.73. The quantitative estimate of drug-likeness (QED) is 0.537. The summed E-state index contributed by atoms with van der Waals surface area (Å²) >= 11 is 0. The fourth-order valence-electron chi connectivity index (χ4n) is 1.50. The van der Waals surface area contributed by atoms with E-state index < -0.39 is 18.1 Å². The van der Waals surface area contributed by atoms with E-state index in [4.69, 9.17) is 20.3 Å². The number of carboxylic acids is 1. The molecule has 0 aliphatic rings. The van der Waals surface area contributed by atoms with Crippen LogP contribution in [0.1, 0.15) is 12.0 Å². The van der Waals surface area contributed by atoms with Crippen molar-refractivity contribution in [3.8, 4) is 0 Å². The summed E-state index contributed by atoms with van der Waals surface area (Å²) in [5, 5.41) is 18.0. The topological polar surface area (TPSA) is 102 Å². The van der Waals surface area contributed by atoms with E-state index in [0.717, 1.165) is 5.56 Å². The zero-order valence-corrected chi connectivity index (χ0v) is 11.3. The highest BCUT2D eigenvalue weighted by Crippen LogP contribution is 2.01. The Labute approximate surface area is 118 Å². The zero-order valence-electron chi connectivity index (χ0n) is 11.3. The van der Waals surface area contributed by atoms with Gasteiger partial charge in [0.05, 0.1) is 13.2 Å². The van der Waals surface area contributed by atoms with Gasteiger partial charge < -0.3 is 25.4 Å². The van der Waals surface area contributed by atoms with Crippen molar-refractivity contribution < 1.29 is 24.5 Å². The predicted molar refractivity (Wildman–Crippen MR) is 73.2 cm³/mol. The molecule has 0 amide bonds. The Morgan fingerprint density at radius 3 is 2.50 bits per heavy atom. The SMILES string of the molecule is N[C@@H](C(=O)O)[C@H](O)COCCCOCc1ccccc1. The third-order valence-electron chi connectivity index (χ3n) is 2.68. The number of carboxylic acid groups (broad SMARTS) is 1. The maximum atomic E-state index is 10.5. The molecule has 0 saturated heterocycles. The van der Waals surface area contributed by atoms with Gasteiger partial charge in [-0.15, -0.1) is 0 Å². The molecule has 0 aliphatic carbocycles. The van der Waals surface area contributed by atoms with Crippen molar-refractivity contribution in [1.29, 1.82) is 0 Å². The number of hydrogen-bond donors (Lipinski definition) is 3. The lowest BCUT2D eigenvalue weighted by Crippen LogP contribution is -2.44. The third kappa shape index (κ3) is 6.63. The molecule has 1 rings (SSSR count). The Morgan fingerprint density at radius 1 is 1.20 bits per heavy atom. The van der Waals surface area contributed by atoms with E-state index in [1.54, 1.807) is 0 Å². The van der Waals surface area contributed by atoms with E-state index in [1.165, 1.54) is 0 Å². The molecular formula is C14H21NO5. The number of hydrogen-bond acceptors (Lipinski definition) is 5. The first-order chi connectivity index (χ1) is 9.61. The molecule has 6 nitrogen and oxygen atoms in total. The van der Waals surface area contributed by atoms with Gasteiger partial charge in [-0.3, -0.25) is 4.79 Å². The second-order valence-corrected chi connectivity index (χ2v) is 4.40. The second-order valence-electron chi connectivity index (χ2n) is 4.40. The fraction of sp³-hybridized carbons (Fsp3) is 0.500. The Kier molecular flexibility index (Phi) is 7.82. The molecule has 0 heterocycles. The van der Waals surface area contributed by atoms with Gasteiger partial charge in [0, 0.05) is 13.2 Å². The van der Waals surface area contributed by atoms with Crippen LogP contribution in [0.4, 0.5) is 0 Å². The first-order valence-corrected chi connectivity index (χ1v) is 6.47. The van der Waals surface area contributed by atoms with Crippen LogP contribution in [0, 0.1) is 0 Å². The van der Waals surface area contributed by atoms with E-state index in [0.29, 0.717) is 26.2 Å². The van der Waals surface area contributed by atoms with Crippen LogP contribution in [0.15, 0.2) is 30.3 Å². The van der Waals surface area contributed by atoms with Gasteiger partial charge in [-0.2, -0.15) is 0 Å². The van der Waals surface area contributed by atoms with E-state index in [2.05, 4.69) is 0 Å². The van der Waals surface area contributed by atoms with Crippen LogP contribution in [0.2, 0.25) is 0 Å². The van der Waals surface area contributed by atoms with Gasteiger partial charge in [0.15, 0.2) is 0 Å². The number of aliphatic carboxylic acids is 1. The molecule has 4 N–H and O–H groups in total. The molecule has 1 aromatic rings. The van der Waals surface area contributed by atoms with Gasteiger partial charge in [0.25, 0.3) is 0 Å². The van der Waals surface area contributed by atoms with E-state index >= 15 is 0 Å². The molecule has 6 heteroatoms. The first-order valence-electron chi connectivity index (χ1n) is 6.47. The van der Waals surface area contributed by atoms with Crippen LogP contribution >= 0.6 is 0 Å². The predicted octanol–water partition coefficient (Wildman–Crippen LogP) is 0.383. The average molecular weight is 283 g/mol. The highest BCUT2D eigenvalue weighted by atomic mass is 16.5. The van der Waals surface area contributed by atoms with E-state index in [-0.39, 0.29) is 6.61 Å². The summed E-state index contributed by atoms with van der Waals surface area (Å²) in [6, 6.07) is 8.51. The molecule has 0 radical (unpaired) electrons. The summed E-state index contributed by atoms with van der Waals surface area (Å²) < 4.78 is 10.6. The Morgan fingerprint density at radius 2 is 1.85 bits per heavy atom. The maximum Gasteiger partial charge on any atom is 0.323 e. The standard InChI is InChI=1S/C14H21NO5/c15-13(14(17)18)12(16)10-20-8-4-7-19-9-11-5-2-1-3-6-11/h1-3,5-6,12-13,16H,4,7-10,15H2,(H,17,18)/t12-,13-/m1/s1. The summed E-state index contributed by atoms with van der Waals surface area (Å²) in [6.07, 6.45) is -0.528. The largest absolute Gasteiger partial charge is 0.480 e. The van der Waals surface area contributed by atoms with E-state index in [9.17, 15) is 9.90 Å². The number of aliphatic hydroxyl groups is 1. The molecule has 0 saturated carbocycles. The lowest BCUT2D eigenvalue weighted by Gasteiger charge is -2.14. The number of nitrogens with two attached hydrogens (primary N) is 1. The minimum atomic E-state index is -1.32. The molecule has 2 atom stereocenters. The first kappa shape index (κ1) is 16.6. The number of rotatable bonds is 10. The van der Waals surface area contributed by atoms with Crippen LogP contribution in [0.25, 0.3) is 0 Å². The molecule has 0 spiro atoms. The maximum absolute atomic E-state index is 10.5. The van der Waals surface area contributed by atoms with Crippen molar-refractivity contribution in [2.24, 2.45) is 5.73 Å². The Bertz CT molecular complexity index is 384. The zero-order chi connectivity index (χ0) is 14.8. The van der Waals surface area contributed by atoms with E-state index in [1.807, 2.05) is 30.3 Å². The molecule has 20 heavy (non-hydrogen) atoms. The van der Waals surface area contributed by atoms with Crippen molar-refractivity contribution in [1.82, 2.24) is 0 Å². The number of aliphatic hydroxyl groups excluding tert-OH is 1. The van der Waals surface area contributed by atoms with Crippen molar-refractivity contribution in [3.63, 3.8) is 0 Å². The lowest BCUT2D eigenvalue weighted by molar-refractivity contribution is -0.142. The van der Waals surface area contributed by atoms with Crippen LogP contribution in [0.5, 0.6) is 0 Å². The molecule has 0 fully saturated rings. The fourth-order valence-corrected chi connectivity index (χ4v) is 1.50. The summed E-state index contributed by atoms with van der Waals surface area (Å²) in [7, 11) is 0. The molecule has 0 unspecified atom stereocenters. The Balaban J connectivity index is 1.99. The van der Waals surface area contributed by atoms with Crippen LogP contribution in [-0.4, -0.2) is 48.1 Å². The van der Waals surface area contributed by atoms with Gasteiger partial charge in [-0.05, 0) is 12.0 Å². The number of benzene rings is 1. The van der Waals surface area contributed by atoms with Crippen molar-refractivity contribution >= 4 is 5.97 Å². The number of ether oxygens (including phenoxy) is 2. The Hall–Kier alpha value is -1.47. The van der Waals surface area contributed by atoms with Crippen molar-refractivity contribution in [2.45, 2.75) is 25.2 Å². The molecule has 0 aliphatic heterocycles. The van der Waals surface area contributed by atoms with Crippen LogP contribution < -0.4 is 5.73 Å². The molecule has 0 bridgehead atoms. The van der Waals surface area contributed by atoms with Crippen molar-refractivity contribution in [3.05, 3.63) is 35.9 Å². The lowest BCUT2D eigenvalue weighted by atomic mass is 10.2. The minimum Gasteiger partial charge on any atom is -0.480 e. The van der Waals surface area contributed by atoms with Gasteiger partial charge >= 0.3 is 5.97 Å². The monoisotopic (exact) mass is 283 g/mol. The van der Waals surface area contributed by atoms with Gasteiger partial charge in [0.2, 0.25) is 0 Å². The third-order valence-corrected chi connectivity index (χ3v) is 2.68. The van der Waals surface area contributed by atoms with Crippen LogP contribution in [-0.2, 0) is 20.9 Å². The van der Waals surface area contributed by atoms with Crippen LogP contribution in [0.3, 0.4) is 0 Å². The van der Waals surface area contributed by atoms with Crippen molar-refractivity contribution in [2.75, 3.05) is 19.8 Å². The van der Waals surface area contributed by atoms with Gasteiger partial charge in [-0.1, -0.05) is 30.3 Å². The molecular weight excluding hydrogens is 262 g/mol.